The van der Waals surface area contributed by atoms with Crippen molar-refractivity contribution in [1.82, 2.24) is 4.90 Å². The highest BCUT2D eigenvalue weighted by molar-refractivity contribution is 4.80. The van der Waals surface area contributed by atoms with E-state index in [0.29, 0.717) is 18.7 Å². The average Bonchev–Trinajstić information content (AvgIpc) is 2.55. The predicted octanol–water partition coefficient (Wildman–Crippen LogP) is 1.88. The fourth-order valence-electron chi connectivity index (χ4n) is 1.73. The van der Waals surface area contributed by atoms with Crippen molar-refractivity contribution in [3.05, 3.63) is 0 Å². The Morgan fingerprint density at radius 1 is 1.42 bits per heavy atom. The van der Waals surface area contributed by atoms with E-state index in [-0.39, 0.29) is 0 Å². The molecule has 12 heavy (non-hydrogen) atoms. The molecule has 0 bridgehead atoms. The lowest BCUT2D eigenvalue weighted by Gasteiger charge is -2.26. The van der Waals surface area contributed by atoms with Gasteiger partial charge in [-0.1, -0.05) is 13.8 Å². The third kappa shape index (κ3) is 3.11. The lowest BCUT2D eigenvalue weighted by Crippen LogP contribution is -2.37. The Balaban J connectivity index is 0.000000561. The zero-order valence-electron chi connectivity index (χ0n) is 8.88. The SMILES string of the molecule is CC.CC(C)N1CCC[C@H]1CO. The van der Waals surface area contributed by atoms with Gasteiger partial charge in [0.05, 0.1) is 6.61 Å². The van der Waals surface area contributed by atoms with Gasteiger partial charge in [-0.3, -0.25) is 4.90 Å². The van der Waals surface area contributed by atoms with Crippen molar-refractivity contribution in [3.63, 3.8) is 0 Å². The summed E-state index contributed by atoms with van der Waals surface area (Å²) in [5.41, 5.74) is 0. The molecule has 1 rings (SSSR count). The number of likely N-dealkylation sites (tertiary alicyclic amines) is 1. The van der Waals surface area contributed by atoms with Crippen LogP contribution in [0.4, 0.5) is 0 Å². The minimum absolute atomic E-state index is 0.332. The highest BCUT2D eigenvalue weighted by atomic mass is 16.3. The topological polar surface area (TPSA) is 23.5 Å². The van der Waals surface area contributed by atoms with Gasteiger partial charge in [0.25, 0.3) is 0 Å². The van der Waals surface area contributed by atoms with Crippen LogP contribution >= 0.6 is 0 Å². The molecular formula is C10H23NO. The molecule has 0 aromatic carbocycles. The Kier molecular flexibility index (Phi) is 6.39. The molecule has 0 amide bonds. The Hall–Kier alpha value is -0.0800. The van der Waals surface area contributed by atoms with E-state index in [1.807, 2.05) is 13.8 Å². The summed E-state index contributed by atoms with van der Waals surface area (Å²) in [6.45, 7) is 9.88. The summed E-state index contributed by atoms with van der Waals surface area (Å²) in [7, 11) is 0. The monoisotopic (exact) mass is 173 g/mol. The van der Waals surface area contributed by atoms with Crippen molar-refractivity contribution in [2.75, 3.05) is 13.2 Å². The maximum absolute atomic E-state index is 8.94. The third-order valence-electron chi connectivity index (χ3n) is 2.30. The number of aliphatic hydroxyl groups is 1. The summed E-state index contributed by atoms with van der Waals surface area (Å²) in [6.07, 6.45) is 2.43. The quantitative estimate of drug-likeness (QED) is 0.689. The molecule has 0 spiro atoms. The average molecular weight is 173 g/mol. The van der Waals surface area contributed by atoms with Gasteiger partial charge in [-0.25, -0.2) is 0 Å². The zero-order valence-corrected chi connectivity index (χ0v) is 8.88. The van der Waals surface area contributed by atoms with Gasteiger partial charge in [0, 0.05) is 12.1 Å². The molecule has 1 heterocycles. The van der Waals surface area contributed by atoms with E-state index in [4.69, 9.17) is 5.11 Å². The second kappa shape index (κ2) is 6.44. The molecule has 2 nitrogen and oxygen atoms in total. The molecule has 1 N–H and O–H groups in total. The van der Waals surface area contributed by atoms with E-state index in [9.17, 15) is 0 Å². The van der Waals surface area contributed by atoms with Crippen LogP contribution in [0.1, 0.15) is 40.5 Å². The van der Waals surface area contributed by atoms with Crippen LogP contribution in [0.2, 0.25) is 0 Å². The second-order valence-electron chi connectivity index (χ2n) is 3.31. The zero-order chi connectivity index (χ0) is 9.56. The van der Waals surface area contributed by atoms with Crippen LogP contribution < -0.4 is 0 Å². The maximum Gasteiger partial charge on any atom is 0.0586 e. The highest BCUT2D eigenvalue weighted by Gasteiger charge is 2.25. The molecule has 0 saturated carbocycles. The third-order valence-corrected chi connectivity index (χ3v) is 2.30. The summed E-state index contributed by atoms with van der Waals surface area (Å²) >= 11 is 0. The number of hydrogen-bond donors (Lipinski definition) is 1. The van der Waals surface area contributed by atoms with E-state index in [0.717, 1.165) is 0 Å². The lowest BCUT2D eigenvalue weighted by atomic mass is 10.2. The molecule has 1 fully saturated rings. The minimum atomic E-state index is 0.332. The number of rotatable bonds is 2. The van der Waals surface area contributed by atoms with Crippen molar-refractivity contribution in [3.8, 4) is 0 Å². The number of nitrogens with zero attached hydrogens (tertiary/aromatic N) is 1. The minimum Gasteiger partial charge on any atom is -0.395 e. The Labute approximate surface area is 76.6 Å². The number of aliphatic hydroxyl groups excluding tert-OH is 1. The molecule has 1 aliphatic rings. The largest absolute Gasteiger partial charge is 0.395 e. The van der Waals surface area contributed by atoms with Crippen molar-refractivity contribution in [2.45, 2.75) is 52.6 Å². The van der Waals surface area contributed by atoms with Crippen LogP contribution in [0.25, 0.3) is 0 Å². The molecule has 0 aromatic rings. The summed E-state index contributed by atoms with van der Waals surface area (Å²) < 4.78 is 0. The van der Waals surface area contributed by atoms with Gasteiger partial charge in [0.15, 0.2) is 0 Å². The summed E-state index contributed by atoms with van der Waals surface area (Å²) in [5, 5.41) is 8.94. The van der Waals surface area contributed by atoms with Crippen LogP contribution in [0.3, 0.4) is 0 Å². The van der Waals surface area contributed by atoms with Gasteiger partial charge in [0.2, 0.25) is 0 Å². The van der Waals surface area contributed by atoms with Crippen LogP contribution in [-0.2, 0) is 0 Å². The van der Waals surface area contributed by atoms with E-state index in [1.165, 1.54) is 19.4 Å². The van der Waals surface area contributed by atoms with Gasteiger partial charge >= 0.3 is 0 Å². The lowest BCUT2D eigenvalue weighted by molar-refractivity contribution is 0.133. The summed E-state index contributed by atoms with van der Waals surface area (Å²) in [6, 6.07) is 1.04. The van der Waals surface area contributed by atoms with Gasteiger partial charge in [-0.2, -0.15) is 0 Å². The fourth-order valence-corrected chi connectivity index (χ4v) is 1.73. The smallest absolute Gasteiger partial charge is 0.0586 e. The van der Waals surface area contributed by atoms with E-state index < -0.39 is 0 Å². The van der Waals surface area contributed by atoms with Gasteiger partial charge in [0.1, 0.15) is 0 Å². The second-order valence-corrected chi connectivity index (χ2v) is 3.31. The van der Waals surface area contributed by atoms with Gasteiger partial charge < -0.3 is 5.11 Å². The first-order valence-electron chi connectivity index (χ1n) is 5.12. The molecule has 74 valence electrons. The van der Waals surface area contributed by atoms with Crippen molar-refractivity contribution in [2.24, 2.45) is 0 Å². The first-order valence-corrected chi connectivity index (χ1v) is 5.12. The summed E-state index contributed by atoms with van der Waals surface area (Å²) in [4.78, 5) is 2.38. The molecule has 2 heteroatoms. The van der Waals surface area contributed by atoms with Crippen LogP contribution in [0.15, 0.2) is 0 Å². The molecule has 0 radical (unpaired) electrons. The molecule has 1 atom stereocenters. The van der Waals surface area contributed by atoms with Crippen LogP contribution in [0, 0.1) is 0 Å². The predicted molar refractivity (Wildman–Crippen MR) is 53.3 cm³/mol. The first-order chi connectivity index (χ1) is 5.75. The maximum atomic E-state index is 8.94. The fraction of sp³-hybridized carbons (Fsp3) is 1.00. The van der Waals surface area contributed by atoms with E-state index in [2.05, 4.69) is 18.7 Å². The standard InChI is InChI=1S/C8H17NO.C2H6/c1-7(2)9-5-3-4-8(9)6-10;1-2/h7-8,10H,3-6H2,1-2H3;1-2H3/t8-;/m0./s1. The molecule has 1 aliphatic heterocycles. The molecule has 1 saturated heterocycles. The van der Waals surface area contributed by atoms with E-state index >= 15 is 0 Å². The number of hydrogen-bond acceptors (Lipinski definition) is 2. The summed E-state index contributed by atoms with van der Waals surface area (Å²) in [5.74, 6) is 0. The Morgan fingerprint density at radius 2 is 2.00 bits per heavy atom. The normalized spacial score (nSPS) is 24.0. The molecule has 0 aromatic heterocycles. The Morgan fingerprint density at radius 3 is 2.33 bits per heavy atom. The molecular weight excluding hydrogens is 150 g/mol. The molecule has 0 aliphatic carbocycles. The van der Waals surface area contributed by atoms with Crippen LogP contribution in [-0.4, -0.2) is 35.2 Å². The van der Waals surface area contributed by atoms with Crippen molar-refractivity contribution >= 4 is 0 Å². The highest BCUT2D eigenvalue weighted by Crippen LogP contribution is 2.18. The van der Waals surface area contributed by atoms with E-state index in [1.54, 1.807) is 0 Å². The van der Waals surface area contributed by atoms with Crippen LogP contribution in [0.5, 0.6) is 0 Å². The van der Waals surface area contributed by atoms with Gasteiger partial charge in [-0.05, 0) is 33.2 Å². The van der Waals surface area contributed by atoms with Crippen molar-refractivity contribution in [1.29, 1.82) is 0 Å². The van der Waals surface area contributed by atoms with Crippen molar-refractivity contribution < 1.29 is 5.11 Å². The molecule has 0 unspecified atom stereocenters. The van der Waals surface area contributed by atoms with Gasteiger partial charge in [-0.15, -0.1) is 0 Å². The Bertz CT molecular complexity index is 104. The first kappa shape index (κ1) is 11.9.